The first-order valence-electron chi connectivity index (χ1n) is 13.8. The maximum atomic E-state index is 14.1. The largest absolute Gasteiger partial charge is 0.345 e. The van der Waals surface area contributed by atoms with Crippen LogP contribution in [-0.2, 0) is 16.4 Å². The number of anilines is 1. The number of hydrogen-bond donors (Lipinski definition) is 0. The Balaban J connectivity index is 1.53. The van der Waals surface area contributed by atoms with E-state index in [1.54, 1.807) is 15.6 Å². The minimum absolute atomic E-state index is 0.128. The van der Waals surface area contributed by atoms with Gasteiger partial charge in [0.15, 0.2) is 5.13 Å². The molecule has 0 radical (unpaired) electrons. The highest BCUT2D eigenvalue weighted by Gasteiger charge is 2.34. The molecule has 3 aromatic rings. The Kier molecular flexibility index (Phi) is 8.70. The van der Waals surface area contributed by atoms with Gasteiger partial charge in [-0.25, -0.2) is 13.4 Å². The highest BCUT2D eigenvalue weighted by molar-refractivity contribution is 7.89. The second-order valence-electron chi connectivity index (χ2n) is 11.6. The lowest BCUT2D eigenvalue weighted by Gasteiger charge is -2.35. The van der Waals surface area contributed by atoms with E-state index in [0.717, 1.165) is 28.4 Å². The molecule has 0 aliphatic carbocycles. The molecule has 0 atom stereocenters. The standard InChI is InChI=1S/C31H43N3O2S2/c1-20(2)26-17-28(21(3)4)30(29(18-26)22(5)6)38(35,36)34-13-11-33(12-14-34)31-32-27(19-37-31)16-25-10-9-23(7)24(8)15-25/h9-10,15,17-22H,11-14,16H2,1-8H3. The molecular formula is C31H43N3O2S2. The van der Waals surface area contributed by atoms with Gasteiger partial charge in [0, 0.05) is 38.0 Å². The summed E-state index contributed by atoms with van der Waals surface area (Å²) in [5, 5.41) is 3.11. The summed E-state index contributed by atoms with van der Waals surface area (Å²) in [4.78, 5) is 7.67. The molecule has 1 aliphatic heterocycles. The molecule has 4 rings (SSSR count). The van der Waals surface area contributed by atoms with E-state index in [9.17, 15) is 8.42 Å². The van der Waals surface area contributed by atoms with Gasteiger partial charge in [-0.05, 0) is 65.0 Å². The quantitative estimate of drug-likeness (QED) is 0.295. The third kappa shape index (κ3) is 6.00. The second-order valence-corrected chi connectivity index (χ2v) is 14.3. The zero-order valence-electron chi connectivity index (χ0n) is 24.2. The van der Waals surface area contributed by atoms with E-state index in [4.69, 9.17) is 4.98 Å². The number of aromatic nitrogens is 1. The van der Waals surface area contributed by atoms with Gasteiger partial charge in [-0.3, -0.25) is 0 Å². The van der Waals surface area contributed by atoms with E-state index in [1.807, 2.05) is 0 Å². The molecule has 0 spiro atoms. The van der Waals surface area contributed by atoms with Gasteiger partial charge in [-0.15, -0.1) is 11.3 Å². The van der Waals surface area contributed by atoms with Crippen LogP contribution in [0.1, 0.15) is 98.4 Å². The number of sulfonamides is 1. The van der Waals surface area contributed by atoms with E-state index >= 15 is 0 Å². The average molecular weight is 554 g/mol. The van der Waals surface area contributed by atoms with E-state index in [0.29, 0.717) is 37.0 Å². The van der Waals surface area contributed by atoms with Gasteiger partial charge in [-0.1, -0.05) is 71.9 Å². The molecule has 0 amide bonds. The van der Waals surface area contributed by atoms with Gasteiger partial charge >= 0.3 is 0 Å². The van der Waals surface area contributed by atoms with Crippen LogP contribution in [-0.4, -0.2) is 43.9 Å². The van der Waals surface area contributed by atoms with Crippen molar-refractivity contribution >= 4 is 26.5 Å². The van der Waals surface area contributed by atoms with Gasteiger partial charge in [0.05, 0.1) is 10.6 Å². The van der Waals surface area contributed by atoms with Crippen LogP contribution in [0.2, 0.25) is 0 Å². The summed E-state index contributed by atoms with van der Waals surface area (Å²) < 4.78 is 29.9. The Morgan fingerprint density at radius 2 is 1.45 bits per heavy atom. The molecule has 5 nitrogen and oxygen atoms in total. The van der Waals surface area contributed by atoms with Crippen LogP contribution < -0.4 is 4.90 Å². The zero-order valence-corrected chi connectivity index (χ0v) is 25.8. The Labute approximate surface area is 234 Å². The van der Waals surface area contributed by atoms with Crippen LogP contribution in [0.4, 0.5) is 5.13 Å². The first kappa shape index (κ1) is 28.8. The van der Waals surface area contributed by atoms with Crippen molar-refractivity contribution in [1.82, 2.24) is 9.29 Å². The molecular weight excluding hydrogens is 510 g/mol. The van der Waals surface area contributed by atoms with Crippen molar-refractivity contribution in [2.45, 2.75) is 84.5 Å². The van der Waals surface area contributed by atoms with Crippen molar-refractivity contribution in [3.63, 3.8) is 0 Å². The molecule has 1 saturated heterocycles. The number of piperazine rings is 1. The summed E-state index contributed by atoms with van der Waals surface area (Å²) in [6.07, 6.45) is 0.814. The summed E-state index contributed by atoms with van der Waals surface area (Å²) in [6, 6.07) is 10.8. The summed E-state index contributed by atoms with van der Waals surface area (Å²) in [5.41, 5.74) is 8.04. The van der Waals surface area contributed by atoms with Gasteiger partial charge in [-0.2, -0.15) is 4.31 Å². The van der Waals surface area contributed by atoms with Crippen LogP contribution in [0.3, 0.4) is 0 Å². The van der Waals surface area contributed by atoms with Crippen molar-refractivity contribution < 1.29 is 8.42 Å². The van der Waals surface area contributed by atoms with Crippen LogP contribution in [0, 0.1) is 13.8 Å². The van der Waals surface area contributed by atoms with E-state index in [-0.39, 0.29) is 11.8 Å². The van der Waals surface area contributed by atoms with Gasteiger partial charge < -0.3 is 4.90 Å². The molecule has 0 N–H and O–H groups in total. The van der Waals surface area contributed by atoms with Gasteiger partial charge in [0.1, 0.15) is 0 Å². The molecule has 0 bridgehead atoms. The van der Waals surface area contributed by atoms with Crippen molar-refractivity contribution in [2.75, 3.05) is 31.1 Å². The molecule has 1 aromatic heterocycles. The van der Waals surface area contributed by atoms with Crippen molar-refractivity contribution in [2.24, 2.45) is 0 Å². The van der Waals surface area contributed by atoms with E-state index < -0.39 is 10.0 Å². The number of nitrogens with zero attached hydrogens (tertiary/aromatic N) is 3. The third-order valence-electron chi connectivity index (χ3n) is 7.68. The minimum Gasteiger partial charge on any atom is -0.345 e. The Morgan fingerprint density at radius 1 is 0.842 bits per heavy atom. The summed E-state index contributed by atoms with van der Waals surface area (Å²) in [6.45, 7) is 19.2. The Bertz CT molecular complexity index is 1350. The second kappa shape index (κ2) is 11.5. The number of hydrogen-bond acceptors (Lipinski definition) is 5. The molecule has 7 heteroatoms. The SMILES string of the molecule is Cc1ccc(Cc2csc(N3CCN(S(=O)(=O)c4c(C(C)C)cc(C(C)C)cc4C(C)C)CC3)n2)cc1C. The fraction of sp³-hybridized carbons (Fsp3) is 0.516. The van der Waals surface area contributed by atoms with Crippen LogP contribution in [0.15, 0.2) is 40.6 Å². The number of thiazole rings is 1. The van der Waals surface area contributed by atoms with Crippen LogP contribution in [0.5, 0.6) is 0 Å². The third-order valence-corrected chi connectivity index (χ3v) is 10.7. The average Bonchev–Trinajstić information content (AvgIpc) is 3.33. The van der Waals surface area contributed by atoms with Gasteiger partial charge in [0.25, 0.3) is 0 Å². The highest BCUT2D eigenvalue weighted by Crippen LogP contribution is 2.37. The first-order chi connectivity index (χ1) is 17.9. The Morgan fingerprint density at radius 3 is 1.97 bits per heavy atom. The lowest BCUT2D eigenvalue weighted by molar-refractivity contribution is 0.383. The molecule has 206 valence electrons. The molecule has 0 saturated carbocycles. The lowest BCUT2D eigenvalue weighted by atomic mass is 9.89. The topological polar surface area (TPSA) is 53.5 Å². The summed E-state index contributed by atoms with van der Waals surface area (Å²) >= 11 is 1.65. The summed E-state index contributed by atoms with van der Waals surface area (Å²) in [5.74, 6) is 0.607. The predicted octanol–water partition coefficient (Wildman–Crippen LogP) is 7.23. The molecule has 1 fully saturated rings. The molecule has 38 heavy (non-hydrogen) atoms. The van der Waals surface area contributed by atoms with Gasteiger partial charge in [0.2, 0.25) is 10.0 Å². The number of aryl methyl sites for hydroxylation is 2. The van der Waals surface area contributed by atoms with E-state index in [1.165, 1.54) is 22.3 Å². The van der Waals surface area contributed by atoms with Crippen LogP contribution in [0.25, 0.3) is 0 Å². The smallest absolute Gasteiger partial charge is 0.243 e. The first-order valence-corrected chi connectivity index (χ1v) is 16.1. The minimum atomic E-state index is -3.61. The monoisotopic (exact) mass is 553 g/mol. The lowest BCUT2D eigenvalue weighted by Crippen LogP contribution is -2.49. The molecule has 1 aliphatic rings. The van der Waals surface area contributed by atoms with Crippen molar-refractivity contribution in [1.29, 1.82) is 0 Å². The molecule has 2 heterocycles. The Hall–Kier alpha value is -2.22. The maximum absolute atomic E-state index is 14.1. The fourth-order valence-corrected chi connectivity index (χ4v) is 8.05. The number of benzene rings is 2. The molecule has 2 aromatic carbocycles. The van der Waals surface area contributed by atoms with E-state index in [2.05, 4.69) is 96.0 Å². The highest BCUT2D eigenvalue weighted by atomic mass is 32.2. The van der Waals surface area contributed by atoms with Crippen molar-refractivity contribution in [3.8, 4) is 0 Å². The summed E-state index contributed by atoms with van der Waals surface area (Å²) in [7, 11) is -3.61. The van der Waals surface area contributed by atoms with Crippen molar-refractivity contribution in [3.05, 3.63) is 74.8 Å². The van der Waals surface area contributed by atoms with Crippen LogP contribution >= 0.6 is 11.3 Å². The normalized spacial score (nSPS) is 15.3. The predicted molar refractivity (Wildman–Crippen MR) is 161 cm³/mol. The molecule has 0 unspecified atom stereocenters. The zero-order chi connectivity index (χ0) is 27.8. The fourth-order valence-electron chi connectivity index (χ4n) is 5.08. The maximum Gasteiger partial charge on any atom is 0.243 e. The number of rotatable bonds is 8.